The molecule has 0 saturated carbocycles. The standard InChI is InChI=1S/C9H19NOS.CH3NOS.Li.H/c1-3-5-7-10(9(11)12)8-6-4-2;2-1(3)4;;/h3-8H2,1-2H3,(H,11,12);(H3,2,3,4);;. The molecule has 4 nitrogen and oxygen atoms in total. The van der Waals surface area contributed by atoms with Gasteiger partial charge in [-0.2, -0.15) is 0 Å². The van der Waals surface area contributed by atoms with Crippen LogP contribution in [0.4, 0.5) is 0 Å². The fourth-order valence-electron chi connectivity index (χ4n) is 1.00. The molecule has 4 N–H and O–H groups in total. The van der Waals surface area contributed by atoms with Gasteiger partial charge in [0.15, 0.2) is 0 Å². The van der Waals surface area contributed by atoms with Gasteiger partial charge in [0.05, 0.1) is 0 Å². The van der Waals surface area contributed by atoms with E-state index in [4.69, 9.17) is 22.4 Å². The molecule has 0 rings (SSSR count). The number of nitrogens with two attached hydrogens (primary N) is 1. The zero-order valence-corrected chi connectivity index (χ0v) is 11.6. The molecule has 0 spiro atoms. The number of aliphatic hydroxyl groups excluding tert-OH is 2. The van der Waals surface area contributed by atoms with Gasteiger partial charge < -0.3 is 20.8 Å². The number of nitrogens with zero attached hydrogens (tertiary/aromatic N) is 1. The van der Waals surface area contributed by atoms with Crippen LogP contribution in [0.1, 0.15) is 39.5 Å². The molecule has 7 heteroatoms. The molecule has 98 valence electrons. The second-order valence-electron chi connectivity index (χ2n) is 3.31. The monoisotopic (exact) mass is 274 g/mol. The van der Waals surface area contributed by atoms with Crippen LogP contribution in [0, 0.1) is 0 Å². The van der Waals surface area contributed by atoms with Gasteiger partial charge in [-0.15, -0.1) is 0 Å². The predicted molar refractivity (Wildman–Crippen MR) is 83.2 cm³/mol. The fraction of sp³-hybridized carbons (Fsp3) is 0.800. The van der Waals surface area contributed by atoms with Gasteiger partial charge in [0, 0.05) is 13.1 Å². The number of aliphatic hydroxyl groups is 2. The van der Waals surface area contributed by atoms with Crippen molar-refractivity contribution < 1.29 is 10.2 Å². The molecule has 0 aromatic rings. The summed E-state index contributed by atoms with van der Waals surface area (Å²) in [6.45, 7) is 6.06. The van der Waals surface area contributed by atoms with Crippen molar-refractivity contribution in [3.8, 4) is 0 Å². The molecule has 0 bridgehead atoms. The van der Waals surface area contributed by atoms with E-state index in [1.807, 2.05) is 4.90 Å². The van der Waals surface area contributed by atoms with E-state index in [1.165, 1.54) is 0 Å². The van der Waals surface area contributed by atoms with Crippen LogP contribution in [0.5, 0.6) is 0 Å². The van der Waals surface area contributed by atoms with E-state index < -0.39 is 5.17 Å². The summed E-state index contributed by atoms with van der Waals surface area (Å²) in [7, 11) is 0. The fourth-order valence-corrected chi connectivity index (χ4v) is 1.18. The first-order valence-electron chi connectivity index (χ1n) is 5.41. The van der Waals surface area contributed by atoms with Crippen LogP contribution >= 0.6 is 24.4 Å². The van der Waals surface area contributed by atoms with Crippen molar-refractivity contribution in [2.45, 2.75) is 39.5 Å². The Kier molecular flexibility index (Phi) is 20.8. The summed E-state index contributed by atoms with van der Waals surface area (Å²) in [6.07, 6.45) is 4.49. The molecule has 0 aliphatic rings. The molecule has 17 heavy (non-hydrogen) atoms. The Bertz CT molecular complexity index is 195. The number of hydrogen-bond acceptors (Lipinski definition) is 2. The average molecular weight is 274 g/mol. The van der Waals surface area contributed by atoms with Crippen LogP contribution < -0.4 is 5.73 Å². The first-order chi connectivity index (χ1) is 7.45. The maximum absolute atomic E-state index is 9.12. The van der Waals surface area contributed by atoms with Crippen molar-refractivity contribution in [1.82, 2.24) is 4.90 Å². The molecule has 0 aromatic carbocycles. The topological polar surface area (TPSA) is 69.7 Å². The minimum absolute atomic E-state index is 0. The van der Waals surface area contributed by atoms with Crippen LogP contribution in [0.15, 0.2) is 0 Å². The molecule has 0 saturated heterocycles. The van der Waals surface area contributed by atoms with Gasteiger partial charge in [0.25, 0.3) is 10.3 Å². The van der Waals surface area contributed by atoms with Gasteiger partial charge in [-0.25, -0.2) is 0 Å². The molecular formula is C10H23LiN2O2S2. The van der Waals surface area contributed by atoms with Gasteiger partial charge in [0.2, 0.25) is 0 Å². The summed E-state index contributed by atoms with van der Waals surface area (Å²) in [5.41, 5.74) is 4.40. The minimum atomic E-state index is -0.500. The van der Waals surface area contributed by atoms with E-state index in [0.717, 1.165) is 38.8 Å². The summed E-state index contributed by atoms with van der Waals surface area (Å²) in [4.78, 5) is 1.88. The van der Waals surface area contributed by atoms with E-state index in [2.05, 4.69) is 31.8 Å². The first kappa shape index (κ1) is 22.2. The first-order valence-corrected chi connectivity index (χ1v) is 6.23. The molecule has 0 aliphatic heterocycles. The second-order valence-corrected chi connectivity index (χ2v) is 4.10. The Morgan fingerprint density at radius 1 is 1.06 bits per heavy atom. The number of hydrogen-bond donors (Lipinski definition) is 3. The van der Waals surface area contributed by atoms with E-state index in [-0.39, 0.29) is 24.0 Å². The SMILES string of the molecule is CCCCN(CCCC)C(O)=S.NC(O)=S.[LiH]. The molecule has 0 heterocycles. The van der Waals surface area contributed by atoms with Gasteiger partial charge in [-0.05, 0) is 37.3 Å². The maximum atomic E-state index is 9.12. The van der Waals surface area contributed by atoms with Crippen LogP contribution in [0.3, 0.4) is 0 Å². The van der Waals surface area contributed by atoms with Gasteiger partial charge in [-0.1, -0.05) is 26.7 Å². The van der Waals surface area contributed by atoms with E-state index in [1.54, 1.807) is 0 Å². The van der Waals surface area contributed by atoms with Gasteiger partial charge in [0.1, 0.15) is 0 Å². The predicted octanol–water partition coefficient (Wildman–Crippen LogP) is 1.87. The van der Waals surface area contributed by atoms with E-state index >= 15 is 0 Å². The van der Waals surface area contributed by atoms with Crippen LogP contribution in [-0.4, -0.2) is 57.4 Å². The summed E-state index contributed by atoms with van der Waals surface area (Å²) < 4.78 is 0. The third kappa shape index (κ3) is 21.8. The Morgan fingerprint density at radius 2 is 1.35 bits per heavy atom. The Labute approximate surface area is 127 Å². The molecule has 0 aliphatic carbocycles. The zero-order valence-electron chi connectivity index (χ0n) is 9.98. The second kappa shape index (κ2) is 16.0. The van der Waals surface area contributed by atoms with Crippen LogP contribution in [0.2, 0.25) is 0 Å². The summed E-state index contributed by atoms with van der Waals surface area (Å²) in [5.74, 6) is 0. The summed E-state index contributed by atoms with van der Waals surface area (Å²) >= 11 is 8.60. The molecule has 0 atom stereocenters. The molecule has 0 radical (unpaired) electrons. The third-order valence-corrected chi connectivity index (χ3v) is 2.09. The van der Waals surface area contributed by atoms with Crippen molar-refractivity contribution in [2.75, 3.05) is 13.1 Å². The van der Waals surface area contributed by atoms with Crippen molar-refractivity contribution >= 4 is 53.6 Å². The summed E-state index contributed by atoms with van der Waals surface area (Å²) in [6, 6.07) is 0. The van der Waals surface area contributed by atoms with Crippen LogP contribution in [0.25, 0.3) is 0 Å². The molecule has 0 aromatic heterocycles. The van der Waals surface area contributed by atoms with Crippen LogP contribution in [-0.2, 0) is 0 Å². The Balaban J connectivity index is -0.000000340. The third-order valence-electron chi connectivity index (χ3n) is 1.83. The molecule has 0 amide bonds. The van der Waals surface area contributed by atoms with Crippen molar-refractivity contribution in [2.24, 2.45) is 5.73 Å². The summed E-state index contributed by atoms with van der Waals surface area (Å²) in [5, 5.41) is 16.2. The number of thiocarbonyl (C=S) groups is 2. The van der Waals surface area contributed by atoms with Crippen molar-refractivity contribution in [3.05, 3.63) is 0 Å². The molecule has 0 fully saturated rings. The number of unbranched alkanes of at least 4 members (excludes halogenated alkanes) is 2. The molecule has 0 unspecified atom stereocenters. The Morgan fingerprint density at radius 3 is 1.53 bits per heavy atom. The van der Waals surface area contributed by atoms with E-state index in [9.17, 15) is 0 Å². The average Bonchev–Trinajstić information content (AvgIpc) is 2.16. The quantitative estimate of drug-likeness (QED) is 0.507. The van der Waals surface area contributed by atoms with Crippen molar-refractivity contribution in [3.63, 3.8) is 0 Å². The molecular weight excluding hydrogens is 251 g/mol. The zero-order chi connectivity index (χ0) is 13.0. The normalized spacial score (nSPS) is 8.35. The van der Waals surface area contributed by atoms with Gasteiger partial charge in [-0.3, -0.25) is 0 Å². The van der Waals surface area contributed by atoms with Gasteiger partial charge >= 0.3 is 18.9 Å². The van der Waals surface area contributed by atoms with Crippen molar-refractivity contribution in [1.29, 1.82) is 0 Å². The van der Waals surface area contributed by atoms with E-state index in [0.29, 0.717) is 0 Å². The number of rotatable bonds is 6. The Hall–Kier alpha value is -0.0226.